The summed E-state index contributed by atoms with van der Waals surface area (Å²) in [6.45, 7) is 1.67. The van der Waals surface area contributed by atoms with E-state index in [9.17, 15) is 14.4 Å². The van der Waals surface area contributed by atoms with E-state index < -0.39 is 17.8 Å². The number of hydrogen-bond donors (Lipinski definition) is 3. The third kappa shape index (κ3) is 3.63. The van der Waals surface area contributed by atoms with Crippen LogP contribution in [0.2, 0.25) is 0 Å². The summed E-state index contributed by atoms with van der Waals surface area (Å²) in [5.74, 6) is -1.03. The molecule has 0 aliphatic carbocycles. The molecule has 2 amide bonds. The van der Waals surface area contributed by atoms with E-state index in [0.717, 1.165) is 0 Å². The second kappa shape index (κ2) is 7.39. The molecule has 28 heavy (non-hydrogen) atoms. The number of aryl methyl sites for hydroxylation is 3. The summed E-state index contributed by atoms with van der Waals surface area (Å²) >= 11 is 0. The highest BCUT2D eigenvalue weighted by atomic mass is 16.5. The number of rotatable bonds is 5. The number of methoxy groups -OCH3 is 1. The van der Waals surface area contributed by atoms with Gasteiger partial charge in [0.25, 0.3) is 11.8 Å². The quantitative estimate of drug-likeness (QED) is 0.562. The normalized spacial score (nSPS) is 10.6. The van der Waals surface area contributed by atoms with Crippen molar-refractivity contribution >= 4 is 29.3 Å². The van der Waals surface area contributed by atoms with Gasteiger partial charge in [-0.2, -0.15) is 0 Å². The van der Waals surface area contributed by atoms with Crippen LogP contribution in [0.3, 0.4) is 0 Å². The van der Waals surface area contributed by atoms with Gasteiger partial charge in [-0.1, -0.05) is 0 Å². The Morgan fingerprint density at radius 3 is 2.54 bits per heavy atom. The maximum atomic E-state index is 12.6. The Bertz CT molecular complexity index is 1060. The molecule has 3 aromatic heterocycles. The van der Waals surface area contributed by atoms with Crippen LogP contribution in [0.15, 0.2) is 24.7 Å². The molecule has 0 saturated heterocycles. The number of carbonyl (C=O) groups excluding carboxylic acids is 3. The van der Waals surface area contributed by atoms with Crippen molar-refractivity contribution in [3.63, 3.8) is 0 Å². The van der Waals surface area contributed by atoms with Crippen molar-refractivity contribution < 1.29 is 19.1 Å². The molecular weight excluding hydrogens is 366 g/mol. The zero-order valence-corrected chi connectivity index (χ0v) is 15.7. The van der Waals surface area contributed by atoms with Crippen LogP contribution in [0.25, 0.3) is 0 Å². The maximum Gasteiger partial charge on any atom is 0.374 e. The van der Waals surface area contributed by atoms with Crippen molar-refractivity contribution in [3.05, 3.63) is 47.7 Å². The first-order chi connectivity index (χ1) is 13.3. The van der Waals surface area contributed by atoms with Crippen molar-refractivity contribution in [2.75, 3.05) is 17.7 Å². The first-order valence-corrected chi connectivity index (χ1v) is 8.21. The fraction of sp³-hybridized carbons (Fsp3) is 0.235. The molecule has 0 aromatic carbocycles. The lowest BCUT2D eigenvalue weighted by atomic mass is 10.3. The molecule has 0 fully saturated rings. The lowest BCUT2D eigenvalue weighted by Crippen LogP contribution is -2.16. The van der Waals surface area contributed by atoms with E-state index in [2.05, 4.69) is 30.3 Å². The molecule has 0 spiro atoms. The number of H-pyrrole nitrogens is 1. The second-order valence-corrected chi connectivity index (χ2v) is 6.05. The van der Waals surface area contributed by atoms with Crippen molar-refractivity contribution in [3.8, 4) is 0 Å². The first kappa shape index (κ1) is 18.9. The van der Waals surface area contributed by atoms with Gasteiger partial charge in [0.05, 0.1) is 18.5 Å². The molecule has 3 heterocycles. The van der Waals surface area contributed by atoms with Crippen molar-refractivity contribution in [2.24, 2.45) is 14.1 Å². The van der Waals surface area contributed by atoms with E-state index >= 15 is 0 Å². The van der Waals surface area contributed by atoms with E-state index in [1.807, 2.05) is 0 Å². The molecule has 3 rings (SSSR count). The highest BCUT2D eigenvalue weighted by Gasteiger charge is 2.19. The Morgan fingerprint density at radius 2 is 1.89 bits per heavy atom. The van der Waals surface area contributed by atoms with Gasteiger partial charge >= 0.3 is 5.97 Å². The molecule has 0 saturated carbocycles. The van der Waals surface area contributed by atoms with Crippen LogP contribution in [-0.4, -0.2) is 49.0 Å². The standard InChI is InChI=1S/C17H19N7O4/c1-9-12(21-13(19-9)17(27)28-4)22-15(25)11-7-10(8-24(11)3)20-16(26)14-18-5-6-23(14)2/h5-8H,1-4H3,(H,19,21)(H,20,26)(H,22,25). The van der Waals surface area contributed by atoms with Gasteiger partial charge in [0, 0.05) is 32.7 Å². The molecular formula is C17H19N7O4. The minimum Gasteiger partial charge on any atom is -0.463 e. The summed E-state index contributed by atoms with van der Waals surface area (Å²) in [5, 5.41) is 5.33. The Morgan fingerprint density at radius 1 is 1.14 bits per heavy atom. The molecule has 0 radical (unpaired) electrons. The van der Waals surface area contributed by atoms with E-state index in [-0.39, 0.29) is 23.2 Å². The molecule has 146 valence electrons. The average molecular weight is 385 g/mol. The van der Waals surface area contributed by atoms with Gasteiger partial charge in [0.2, 0.25) is 5.82 Å². The van der Waals surface area contributed by atoms with E-state index in [1.165, 1.54) is 19.4 Å². The lowest BCUT2D eigenvalue weighted by molar-refractivity contribution is 0.0587. The number of aromatic amines is 1. The molecule has 11 nitrogen and oxygen atoms in total. The van der Waals surface area contributed by atoms with Crippen LogP contribution in [0.5, 0.6) is 0 Å². The van der Waals surface area contributed by atoms with Gasteiger partial charge < -0.3 is 29.5 Å². The van der Waals surface area contributed by atoms with Crippen LogP contribution in [0.1, 0.15) is 37.4 Å². The van der Waals surface area contributed by atoms with Crippen LogP contribution in [-0.2, 0) is 18.8 Å². The fourth-order valence-corrected chi connectivity index (χ4v) is 2.58. The summed E-state index contributed by atoms with van der Waals surface area (Å²) in [5.41, 5.74) is 1.23. The van der Waals surface area contributed by atoms with Gasteiger partial charge in [-0.15, -0.1) is 0 Å². The van der Waals surface area contributed by atoms with Crippen LogP contribution in [0.4, 0.5) is 11.5 Å². The number of ether oxygens (including phenoxy) is 1. The summed E-state index contributed by atoms with van der Waals surface area (Å²) in [7, 11) is 4.62. The molecule has 0 atom stereocenters. The fourth-order valence-electron chi connectivity index (χ4n) is 2.58. The number of hydrogen-bond acceptors (Lipinski definition) is 6. The molecule has 0 unspecified atom stereocenters. The average Bonchev–Trinajstić information content (AvgIpc) is 3.33. The molecule has 3 aromatic rings. The summed E-state index contributed by atoms with van der Waals surface area (Å²) in [4.78, 5) is 47.1. The Hall–Kier alpha value is -3.89. The van der Waals surface area contributed by atoms with Crippen molar-refractivity contribution in [1.29, 1.82) is 0 Å². The van der Waals surface area contributed by atoms with Gasteiger partial charge in [-0.25, -0.2) is 14.8 Å². The Balaban J connectivity index is 1.75. The van der Waals surface area contributed by atoms with Gasteiger partial charge in [0.15, 0.2) is 11.6 Å². The zero-order valence-electron chi connectivity index (χ0n) is 15.7. The summed E-state index contributed by atoms with van der Waals surface area (Å²) in [6.07, 6.45) is 4.79. The highest BCUT2D eigenvalue weighted by Crippen LogP contribution is 2.17. The Labute approximate surface area is 159 Å². The molecule has 0 bridgehead atoms. The minimum atomic E-state index is -0.637. The maximum absolute atomic E-state index is 12.6. The third-order valence-electron chi connectivity index (χ3n) is 4.02. The van der Waals surface area contributed by atoms with Crippen molar-refractivity contribution in [1.82, 2.24) is 24.1 Å². The third-order valence-corrected chi connectivity index (χ3v) is 4.02. The van der Waals surface area contributed by atoms with Crippen LogP contribution in [0, 0.1) is 6.92 Å². The Kier molecular flexibility index (Phi) is 4.98. The molecule has 11 heteroatoms. The van der Waals surface area contributed by atoms with Gasteiger partial charge in [-0.05, 0) is 13.0 Å². The van der Waals surface area contributed by atoms with Gasteiger partial charge in [-0.3, -0.25) is 9.59 Å². The van der Waals surface area contributed by atoms with Crippen LogP contribution >= 0.6 is 0 Å². The predicted octanol–water partition coefficient (Wildman–Crippen LogP) is 1.08. The smallest absolute Gasteiger partial charge is 0.374 e. The number of amides is 2. The number of anilines is 2. The highest BCUT2D eigenvalue weighted by molar-refractivity contribution is 6.06. The summed E-state index contributed by atoms with van der Waals surface area (Å²) < 4.78 is 7.75. The van der Waals surface area contributed by atoms with Crippen LogP contribution < -0.4 is 10.6 Å². The van der Waals surface area contributed by atoms with Gasteiger partial charge in [0.1, 0.15) is 5.69 Å². The zero-order chi connectivity index (χ0) is 20.4. The largest absolute Gasteiger partial charge is 0.463 e. The molecule has 3 N–H and O–H groups in total. The number of imidazole rings is 2. The van der Waals surface area contributed by atoms with E-state index in [0.29, 0.717) is 11.4 Å². The second-order valence-electron chi connectivity index (χ2n) is 6.05. The number of esters is 1. The van der Waals surface area contributed by atoms with E-state index in [4.69, 9.17) is 0 Å². The minimum absolute atomic E-state index is 0.00907. The number of nitrogens with zero attached hydrogens (tertiary/aromatic N) is 4. The first-order valence-electron chi connectivity index (χ1n) is 8.21. The molecule has 0 aliphatic heterocycles. The topological polar surface area (TPSA) is 136 Å². The predicted molar refractivity (Wildman–Crippen MR) is 99.2 cm³/mol. The lowest BCUT2D eigenvalue weighted by Gasteiger charge is -2.03. The number of carbonyl (C=O) groups is 3. The van der Waals surface area contributed by atoms with E-state index in [1.54, 1.807) is 42.5 Å². The summed E-state index contributed by atoms with van der Waals surface area (Å²) in [6, 6.07) is 1.53. The number of aromatic nitrogens is 5. The monoisotopic (exact) mass is 385 g/mol. The SMILES string of the molecule is COC(=O)c1nc(NC(=O)c2cc(NC(=O)c3nccn3C)cn2C)c(C)[nH]1. The van der Waals surface area contributed by atoms with Crippen molar-refractivity contribution in [2.45, 2.75) is 6.92 Å². The number of nitrogens with one attached hydrogen (secondary N) is 3. The molecule has 0 aliphatic rings.